The van der Waals surface area contributed by atoms with Gasteiger partial charge in [0.25, 0.3) is 0 Å². The molecule has 0 radical (unpaired) electrons. The van der Waals surface area contributed by atoms with E-state index >= 15 is 0 Å². The Morgan fingerprint density at radius 1 is 1.21 bits per heavy atom. The molecule has 0 saturated carbocycles. The Kier molecular flexibility index (Phi) is 7.75. The Bertz CT molecular complexity index is 367. The molecular weight excluding hydrogens is 256 g/mol. The molecule has 108 valence electrons. The standard InChI is InChI=1S/C15H26N2OS/c1-4-10-18-15-12-13(7-8-14(15)16)19-11-9-17(5-2)6-3/h7-8,12H,4-6,9-11,16H2,1-3H3. The van der Waals surface area contributed by atoms with Gasteiger partial charge in [-0.2, -0.15) is 0 Å². The van der Waals surface area contributed by atoms with Gasteiger partial charge < -0.3 is 15.4 Å². The second kappa shape index (κ2) is 9.10. The van der Waals surface area contributed by atoms with Crippen molar-refractivity contribution in [2.75, 3.05) is 37.7 Å². The highest BCUT2D eigenvalue weighted by atomic mass is 32.2. The van der Waals surface area contributed by atoms with Gasteiger partial charge in [-0.3, -0.25) is 0 Å². The molecule has 1 aromatic carbocycles. The minimum atomic E-state index is 0.720. The molecule has 0 atom stereocenters. The first-order valence-corrected chi connectivity index (χ1v) is 8.07. The Morgan fingerprint density at radius 2 is 1.95 bits per heavy atom. The van der Waals surface area contributed by atoms with Gasteiger partial charge in [-0.15, -0.1) is 11.8 Å². The molecule has 0 aliphatic carbocycles. The van der Waals surface area contributed by atoms with Crippen LogP contribution in [0.1, 0.15) is 27.2 Å². The minimum Gasteiger partial charge on any atom is -0.491 e. The first-order valence-electron chi connectivity index (χ1n) is 7.08. The molecule has 0 unspecified atom stereocenters. The molecule has 1 rings (SSSR count). The molecule has 0 amide bonds. The number of anilines is 1. The summed E-state index contributed by atoms with van der Waals surface area (Å²) in [6.07, 6.45) is 0.999. The quantitative estimate of drug-likeness (QED) is 0.556. The summed E-state index contributed by atoms with van der Waals surface area (Å²) in [5.41, 5.74) is 6.63. The summed E-state index contributed by atoms with van der Waals surface area (Å²) in [6.45, 7) is 10.6. The summed E-state index contributed by atoms with van der Waals surface area (Å²) < 4.78 is 5.65. The van der Waals surface area contributed by atoms with Crippen LogP contribution in [0, 0.1) is 0 Å². The fourth-order valence-electron chi connectivity index (χ4n) is 1.77. The molecule has 19 heavy (non-hydrogen) atoms. The maximum atomic E-state index is 5.91. The summed E-state index contributed by atoms with van der Waals surface area (Å²) in [4.78, 5) is 3.66. The number of nitrogen functional groups attached to an aromatic ring is 1. The Labute approximate surface area is 121 Å². The average Bonchev–Trinajstić information content (AvgIpc) is 2.44. The lowest BCUT2D eigenvalue weighted by Gasteiger charge is -2.17. The van der Waals surface area contributed by atoms with Crippen LogP contribution in [0.15, 0.2) is 23.1 Å². The molecule has 4 heteroatoms. The van der Waals surface area contributed by atoms with Crippen LogP contribution in [-0.4, -0.2) is 36.9 Å². The van der Waals surface area contributed by atoms with E-state index in [1.165, 1.54) is 4.90 Å². The number of nitrogens with two attached hydrogens (primary N) is 1. The predicted molar refractivity (Wildman–Crippen MR) is 85.2 cm³/mol. The van der Waals surface area contributed by atoms with Crippen molar-refractivity contribution in [3.63, 3.8) is 0 Å². The van der Waals surface area contributed by atoms with Crippen molar-refractivity contribution in [3.8, 4) is 5.75 Å². The topological polar surface area (TPSA) is 38.5 Å². The monoisotopic (exact) mass is 282 g/mol. The molecule has 0 aromatic heterocycles. The summed E-state index contributed by atoms with van der Waals surface area (Å²) >= 11 is 1.86. The van der Waals surface area contributed by atoms with E-state index in [4.69, 9.17) is 10.5 Å². The van der Waals surface area contributed by atoms with E-state index in [-0.39, 0.29) is 0 Å². The molecule has 3 nitrogen and oxygen atoms in total. The van der Waals surface area contributed by atoms with Crippen molar-refractivity contribution < 1.29 is 4.74 Å². The number of hydrogen-bond donors (Lipinski definition) is 1. The lowest BCUT2D eigenvalue weighted by molar-refractivity contribution is 0.318. The third-order valence-electron chi connectivity index (χ3n) is 3.02. The molecular formula is C15H26N2OS. The zero-order chi connectivity index (χ0) is 14.1. The van der Waals surface area contributed by atoms with Gasteiger partial charge in [-0.25, -0.2) is 0 Å². The van der Waals surface area contributed by atoms with Crippen LogP contribution in [0.5, 0.6) is 5.75 Å². The van der Waals surface area contributed by atoms with Gasteiger partial charge in [0.1, 0.15) is 5.75 Å². The first kappa shape index (κ1) is 16.2. The van der Waals surface area contributed by atoms with E-state index in [2.05, 4.69) is 37.8 Å². The summed E-state index contributed by atoms with van der Waals surface area (Å²) in [5, 5.41) is 0. The van der Waals surface area contributed by atoms with Gasteiger partial charge in [-0.05, 0) is 37.7 Å². The van der Waals surface area contributed by atoms with Gasteiger partial charge in [0.15, 0.2) is 0 Å². The third-order valence-corrected chi connectivity index (χ3v) is 3.99. The summed E-state index contributed by atoms with van der Waals surface area (Å²) in [7, 11) is 0. The van der Waals surface area contributed by atoms with E-state index in [1.807, 2.05) is 17.8 Å². The number of ether oxygens (including phenoxy) is 1. The Balaban J connectivity index is 2.49. The molecule has 0 fully saturated rings. The van der Waals surface area contributed by atoms with Crippen LogP contribution in [0.4, 0.5) is 5.69 Å². The van der Waals surface area contributed by atoms with Crippen molar-refractivity contribution in [2.45, 2.75) is 32.1 Å². The summed E-state index contributed by atoms with van der Waals surface area (Å²) in [6, 6.07) is 6.06. The van der Waals surface area contributed by atoms with Crippen LogP contribution in [0.3, 0.4) is 0 Å². The minimum absolute atomic E-state index is 0.720. The Hall–Kier alpha value is -0.870. The zero-order valence-electron chi connectivity index (χ0n) is 12.3. The third kappa shape index (κ3) is 5.74. The summed E-state index contributed by atoms with van der Waals surface area (Å²) in [5.74, 6) is 1.91. The normalized spacial score (nSPS) is 10.9. The van der Waals surface area contributed by atoms with Crippen LogP contribution >= 0.6 is 11.8 Å². The van der Waals surface area contributed by atoms with Gasteiger partial charge in [0, 0.05) is 17.2 Å². The lowest BCUT2D eigenvalue weighted by Crippen LogP contribution is -2.25. The van der Waals surface area contributed by atoms with Gasteiger partial charge in [0.05, 0.1) is 12.3 Å². The molecule has 0 aliphatic heterocycles. The fourth-order valence-corrected chi connectivity index (χ4v) is 2.71. The number of nitrogens with zero attached hydrogens (tertiary/aromatic N) is 1. The van der Waals surface area contributed by atoms with Crippen molar-refractivity contribution in [1.82, 2.24) is 4.90 Å². The van der Waals surface area contributed by atoms with Crippen molar-refractivity contribution >= 4 is 17.4 Å². The Morgan fingerprint density at radius 3 is 2.58 bits per heavy atom. The van der Waals surface area contributed by atoms with E-state index in [9.17, 15) is 0 Å². The maximum absolute atomic E-state index is 5.91. The van der Waals surface area contributed by atoms with Gasteiger partial charge >= 0.3 is 0 Å². The number of rotatable bonds is 9. The van der Waals surface area contributed by atoms with E-state index in [0.29, 0.717) is 0 Å². The highest BCUT2D eigenvalue weighted by Crippen LogP contribution is 2.28. The highest BCUT2D eigenvalue weighted by molar-refractivity contribution is 7.99. The molecule has 0 heterocycles. The van der Waals surface area contributed by atoms with Crippen molar-refractivity contribution in [1.29, 1.82) is 0 Å². The second-order valence-corrected chi connectivity index (χ2v) is 5.59. The van der Waals surface area contributed by atoms with Crippen LogP contribution in [0.25, 0.3) is 0 Å². The SMILES string of the molecule is CCCOc1cc(SCCN(CC)CC)ccc1N. The van der Waals surface area contributed by atoms with Crippen molar-refractivity contribution in [3.05, 3.63) is 18.2 Å². The largest absolute Gasteiger partial charge is 0.491 e. The molecule has 0 spiro atoms. The molecule has 1 aromatic rings. The lowest BCUT2D eigenvalue weighted by atomic mass is 10.3. The first-order chi connectivity index (χ1) is 9.21. The number of hydrogen-bond acceptors (Lipinski definition) is 4. The average molecular weight is 282 g/mol. The smallest absolute Gasteiger partial charge is 0.143 e. The van der Waals surface area contributed by atoms with E-state index in [0.717, 1.165) is 49.9 Å². The van der Waals surface area contributed by atoms with Crippen molar-refractivity contribution in [2.24, 2.45) is 0 Å². The fraction of sp³-hybridized carbons (Fsp3) is 0.600. The molecule has 0 aliphatic rings. The van der Waals surface area contributed by atoms with Crippen LogP contribution < -0.4 is 10.5 Å². The van der Waals surface area contributed by atoms with Gasteiger partial charge in [0.2, 0.25) is 0 Å². The molecule has 2 N–H and O–H groups in total. The second-order valence-electron chi connectivity index (χ2n) is 4.42. The van der Waals surface area contributed by atoms with Crippen LogP contribution in [0.2, 0.25) is 0 Å². The number of thioether (sulfide) groups is 1. The maximum Gasteiger partial charge on any atom is 0.143 e. The number of benzene rings is 1. The van der Waals surface area contributed by atoms with E-state index < -0.39 is 0 Å². The highest BCUT2D eigenvalue weighted by Gasteiger charge is 2.04. The van der Waals surface area contributed by atoms with Gasteiger partial charge in [-0.1, -0.05) is 20.8 Å². The molecule has 0 bridgehead atoms. The molecule has 0 saturated heterocycles. The predicted octanol–water partition coefficient (Wildman–Crippen LogP) is 3.49. The van der Waals surface area contributed by atoms with E-state index in [1.54, 1.807) is 0 Å². The van der Waals surface area contributed by atoms with Crippen LogP contribution in [-0.2, 0) is 0 Å². The zero-order valence-corrected chi connectivity index (χ0v) is 13.1.